The molecular weight excluding hydrogens is 453 g/mol. The van der Waals surface area contributed by atoms with Crippen LogP contribution in [0.4, 0.5) is 14.9 Å². The molecule has 8 heteroatoms. The largest absolute Gasteiger partial charge is 0.493 e. The lowest BCUT2D eigenvalue weighted by molar-refractivity contribution is -0.117. The van der Waals surface area contributed by atoms with Crippen LogP contribution in [0.2, 0.25) is 5.02 Å². The monoisotopic (exact) mass is 471 g/mol. The lowest BCUT2D eigenvalue weighted by atomic mass is 10.1. The highest BCUT2D eigenvalue weighted by Gasteiger charge is 2.40. The van der Waals surface area contributed by atoms with Gasteiger partial charge in [-0.25, -0.2) is 9.29 Å². The van der Waals surface area contributed by atoms with Crippen LogP contribution < -0.4 is 14.4 Å². The van der Waals surface area contributed by atoms with Crippen molar-refractivity contribution in [3.63, 3.8) is 0 Å². The maximum atomic E-state index is 13.4. The molecule has 1 aliphatic heterocycles. The van der Waals surface area contributed by atoms with Crippen molar-refractivity contribution >= 4 is 40.2 Å². The van der Waals surface area contributed by atoms with Crippen LogP contribution in [0.25, 0.3) is 0 Å². The van der Waals surface area contributed by atoms with Crippen molar-refractivity contribution in [3.8, 4) is 11.5 Å². The van der Waals surface area contributed by atoms with Crippen molar-refractivity contribution in [3.05, 3.63) is 88.7 Å². The van der Waals surface area contributed by atoms with Gasteiger partial charge < -0.3 is 9.47 Å². The molecular formula is C24H19ClFNO4S. The fourth-order valence-electron chi connectivity index (χ4n) is 3.40. The summed E-state index contributed by atoms with van der Waals surface area (Å²) in [7, 11) is 1.52. The number of nitrogens with zero attached hydrogens (tertiary/aromatic N) is 1. The van der Waals surface area contributed by atoms with Gasteiger partial charge in [0, 0.05) is 5.02 Å². The smallest absolute Gasteiger partial charge is 0.293 e. The predicted molar refractivity (Wildman–Crippen MR) is 123 cm³/mol. The van der Waals surface area contributed by atoms with E-state index < -0.39 is 5.25 Å². The molecule has 2 amide bonds. The number of thioether (sulfide) groups is 1. The number of carbonyl (C=O) groups is 2. The quantitative estimate of drug-likeness (QED) is 0.431. The number of methoxy groups -OCH3 is 1. The van der Waals surface area contributed by atoms with E-state index in [1.54, 1.807) is 48.5 Å². The third kappa shape index (κ3) is 4.89. The molecule has 0 spiro atoms. The van der Waals surface area contributed by atoms with E-state index in [1.807, 2.05) is 6.07 Å². The third-order valence-corrected chi connectivity index (χ3v) is 6.19. The summed E-state index contributed by atoms with van der Waals surface area (Å²) in [5.74, 6) is 0.385. The van der Waals surface area contributed by atoms with Gasteiger partial charge in [0.2, 0.25) is 5.91 Å². The Morgan fingerprint density at radius 1 is 1.00 bits per heavy atom. The van der Waals surface area contributed by atoms with Crippen molar-refractivity contribution in [2.45, 2.75) is 18.3 Å². The number of carbonyl (C=O) groups excluding carboxylic acids is 2. The summed E-state index contributed by atoms with van der Waals surface area (Å²) >= 11 is 7.00. The molecule has 164 valence electrons. The van der Waals surface area contributed by atoms with Gasteiger partial charge in [-0.15, -0.1) is 0 Å². The molecule has 1 fully saturated rings. The number of anilines is 1. The molecule has 1 atom stereocenters. The first-order valence-electron chi connectivity index (χ1n) is 9.79. The molecule has 0 unspecified atom stereocenters. The molecule has 3 aromatic carbocycles. The number of benzene rings is 3. The van der Waals surface area contributed by atoms with E-state index in [4.69, 9.17) is 21.1 Å². The summed E-state index contributed by atoms with van der Waals surface area (Å²) in [5, 5.41) is -0.426. The van der Waals surface area contributed by atoms with Crippen molar-refractivity contribution in [1.29, 1.82) is 0 Å². The van der Waals surface area contributed by atoms with Gasteiger partial charge in [0.05, 0.1) is 18.0 Å². The Bertz CT molecular complexity index is 1170. The molecule has 0 aliphatic carbocycles. The van der Waals surface area contributed by atoms with E-state index in [-0.39, 0.29) is 23.6 Å². The van der Waals surface area contributed by atoms with Crippen molar-refractivity contribution in [2.75, 3.05) is 12.0 Å². The van der Waals surface area contributed by atoms with Crippen LogP contribution in [0.5, 0.6) is 11.5 Å². The first kappa shape index (κ1) is 22.2. The van der Waals surface area contributed by atoms with E-state index in [0.717, 1.165) is 22.2 Å². The van der Waals surface area contributed by atoms with Crippen LogP contribution in [-0.2, 0) is 17.8 Å². The molecule has 0 bridgehead atoms. The number of hydrogen-bond acceptors (Lipinski definition) is 5. The molecule has 1 aliphatic rings. The molecule has 3 aromatic rings. The molecule has 4 rings (SSSR count). The number of ether oxygens (including phenoxy) is 2. The van der Waals surface area contributed by atoms with Gasteiger partial charge >= 0.3 is 0 Å². The fraction of sp³-hybridized carbons (Fsp3) is 0.167. The molecule has 0 aromatic heterocycles. The van der Waals surface area contributed by atoms with E-state index >= 15 is 0 Å². The van der Waals surface area contributed by atoms with Gasteiger partial charge in [0.1, 0.15) is 12.4 Å². The van der Waals surface area contributed by atoms with Crippen LogP contribution >= 0.6 is 23.4 Å². The standard InChI is InChI=1S/C24H19ClFNO4S/c1-30-21-11-15(8-9-20(21)31-14-16-4-2-6-18(26)10-16)12-22-23(28)27(24(29)32-22)19-7-3-5-17(25)13-19/h2-11,13,22H,12,14H2,1H3/t22-/m0/s1. The van der Waals surface area contributed by atoms with Gasteiger partial charge in [0.25, 0.3) is 5.24 Å². The number of hydrogen-bond donors (Lipinski definition) is 0. The first-order chi connectivity index (χ1) is 15.4. The van der Waals surface area contributed by atoms with E-state index in [1.165, 1.54) is 19.2 Å². The predicted octanol–water partition coefficient (Wildman–Crippen LogP) is 5.88. The Kier molecular flexibility index (Phi) is 6.67. The topological polar surface area (TPSA) is 55.8 Å². The van der Waals surface area contributed by atoms with Crippen LogP contribution in [0.1, 0.15) is 11.1 Å². The SMILES string of the molecule is COc1cc(C[C@@H]2SC(=O)N(c3cccc(Cl)c3)C2=O)ccc1OCc1cccc(F)c1. The Balaban J connectivity index is 1.46. The number of imide groups is 1. The minimum absolute atomic E-state index is 0.188. The Hall–Kier alpha value is -3.03. The summed E-state index contributed by atoms with van der Waals surface area (Å²) in [6.45, 7) is 0.188. The van der Waals surface area contributed by atoms with Gasteiger partial charge in [-0.2, -0.15) is 0 Å². The summed E-state index contributed by atoms with van der Waals surface area (Å²) in [5.41, 5.74) is 1.98. The number of halogens is 2. The average Bonchev–Trinajstić information content (AvgIpc) is 3.05. The fourth-order valence-corrected chi connectivity index (χ4v) is 4.61. The zero-order valence-electron chi connectivity index (χ0n) is 17.1. The summed E-state index contributed by atoms with van der Waals surface area (Å²) in [4.78, 5) is 26.5. The Morgan fingerprint density at radius 2 is 1.81 bits per heavy atom. The molecule has 1 heterocycles. The second-order valence-electron chi connectivity index (χ2n) is 7.13. The molecule has 32 heavy (non-hydrogen) atoms. The van der Waals surface area contributed by atoms with Crippen molar-refractivity contribution < 1.29 is 23.5 Å². The van der Waals surface area contributed by atoms with Gasteiger partial charge in [-0.1, -0.05) is 47.6 Å². The summed E-state index contributed by atoms with van der Waals surface area (Å²) in [6, 6.07) is 18.2. The molecule has 0 radical (unpaired) electrons. The normalized spacial score (nSPS) is 15.8. The van der Waals surface area contributed by atoms with Crippen molar-refractivity contribution in [2.24, 2.45) is 0 Å². The molecule has 0 N–H and O–H groups in total. The third-order valence-electron chi connectivity index (χ3n) is 4.92. The zero-order valence-corrected chi connectivity index (χ0v) is 18.7. The van der Waals surface area contributed by atoms with Crippen LogP contribution in [-0.4, -0.2) is 23.5 Å². The molecule has 5 nitrogen and oxygen atoms in total. The Morgan fingerprint density at radius 3 is 2.56 bits per heavy atom. The lowest BCUT2D eigenvalue weighted by Crippen LogP contribution is -2.32. The first-order valence-corrected chi connectivity index (χ1v) is 11.0. The second kappa shape index (κ2) is 9.63. The maximum Gasteiger partial charge on any atom is 0.293 e. The highest BCUT2D eigenvalue weighted by atomic mass is 35.5. The van der Waals surface area contributed by atoms with Gasteiger partial charge in [0.15, 0.2) is 11.5 Å². The maximum absolute atomic E-state index is 13.4. The number of amides is 2. The summed E-state index contributed by atoms with van der Waals surface area (Å²) in [6.07, 6.45) is 0.354. The second-order valence-corrected chi connectivity index (χ2v) is 8.72. The minimum atomic E-state index is -0.551. The lowest BCUT2D eigenvalue weighted by Gasteiger charge is -2.15. The Labute approximate surface area is 194 Å². The van der Waals surface area contributed by atoms with E-state index in [2.05, 4.69) is 0 Å². The minimum Gasteiger partial charge on any atom is -0.493 e. The van der Waals surface area contributed by atoms with Crippen molar-refractivity contribution in [1.82, 2.24) is 0 Å². The molecule has 1 saturated heterocycles. The zero-order chi connectivity index (χ0) is 22.7. The van der Waals surface area contributed by atoms with Crippen LogP contribution in [0.15, 0.2) is 66.7 Å². The summed E-state index contributed by atoms with van der Waals surface area (Å²) < 4.78 is 24.6. The van der Waals surface area contributed by atoms with E-state index in [0.29, 0.717) is 34.2 Å². The highest BCUT2D eigenvalue weighted by molar-refractivity contribution is 8.15. The highest BCUT2D eigenvalue weighted by Crippen LogP contribution is 2.36. The van der Waals surface area contributed by atoms with Gasteiger partial charge in [-0.05, 0) is 60.0 Å². The van der Waals surface area contributed by atoms with E-state index in [9.17, 15) is 14.0 Å². The van der Waals surface area contributed by atoms with Gasteiger partial charge in [-0.3, -0.25) is 9.59 Å². The molecule has 0 saturated carbocycles. The van der Waals surface area contributed by atoms with Crippen LogP contribution in [0.3, 0.4) is 0 Å². The number of rotatable bonds is 7. The van der Waals surface area contributed by atoms with Crippen LogP contribution in [0, 0.1) is 5.82 Å². The average molecular weight is 472 g/mol.